The molecule has 12 heavy (non-hydrogen) atoms. The molecular weight excluding hydrogens is 150 g/mol. The van der Waals surface area contributed by atoms with E-state index >= 15 is 0 Å². The van der Waals surface area contributed by atoms with Gasteiger partial charge in [-0.1, -0.05) is 6.42 Å². The normalized spacial score (nSPS) is 42.0. The van der Waals surface area contributed by atoms with Crippen molar-refractivity contribution in [3.05, 3.63) is 0 Å². The number of hydrogen-bond acceptors (Lipinski definition) is 2. The van der Waals surface area contributed by atoms with Crippen LogP contribution in [0.2, 0.25) is 0 Å². The average Bonchev–Trinajstić information content (AvgIpc) is 2.64. The van der Waals surface area contributed by atoms with Crippen molar-refractivity contribution in [3.8, 4) is 0 Å². The highest BCUT2D eigenvalue weighted by molar-refractivity contribution is 4.94. The van der Waals surface area contributed by atoms with E-state index in [1.807, 2.05) is 0 Å². The van der Waals surface area contributed by atoms with Crippen LogP contribution in [0.1, 0.15) is 32.6 Å². The summed E-state index contributed by atoms with van der Waals surface area (Å²) in [6.07, 6.45) is 5.67. The van der Waals surface area contributed by atoms with Crippen molar-refractivity contribution in [1.82, 2.24) is 5.32 Å². The first-order valence-electron chi connectivity index (χ1n) is 5.16. The average molecular weight is 169 g/mol. The van der Waals surface area contributed by atoms with E-state index in [1.54, 1.807) is 0 Å². The smallest absolute Gasteiger partial charge is 0.0582 e. The maximum Gasteiger partial charge on any atom is 0.0582 e. The Hall–Kier alpha value is -0.0800. The van der Waals surface area contributed by atoms with Crippen LogP contribution in [-0.4, -0.2) is 23.8 Å². The predicted octanol–water partition coefficient (Wildman–Crippen LogP) is 1.15. The van der Waals surface area contributed by atoms with Gasteiger partial charge in [-0.2, -0.15) is 0 Å². The molecule has 0 heterocycles. The molecule has 4 atom stereocenters. The van der Waals surface area contributed by atoms with Crippen LogP contribution in [0.5, 0.6) is 0 Å². The molecule has 0 spiro atoms. The molecule has 0 aromatic carbocycles. The first-order chi connectivity index (χ1) is 5.79. The van der Waals surface area contributed by atoms with Gasteiger partial charge in [0.25, 0.3) is 0 Å². The standard InChI is InChI=1S/C10H19NO/c1-7(6-12)11-10-5-8-2-3-9(10)4-8/h7-12H,2-6H2,1H3/t7-,8-,9-,10+/m0/s1. The first kappa shape index (κ1) is 8.52. The Morgan fingerprint density at radius 3 is 2.75 bits per heavy atom. The van der Waals surface area contributed by atoms with Gasteiger partial charge in [-0.25, -0.2) is 0 Å². The van der Waals surface area contributed by atoms with Crippen molar-refractivity contribution >= 4 is 0 Å². The molecule has 2 fully saturated rings. The van der Waals surface area contributed by atoms with Crippen molar-refractivity contribution in [2.24, 2.45) is 11.8 Å². The van der Waals surface area contributed by atoms with Crippen LogP contribution in [-0.2, 0) is 0 Å². The molecule has 2 nitrogen and oxygen atoms in total. The molecular formula is C10H19NO. The molecule has 0 amide bonds. The third kappa shape index (κ3) is 1.50. The number of hydrogen-bond donors (Lipinski definition) is 2. The Labute approximate surface area is 74.4 Å². The number of aliphatic hydroxyl groups is 1. The molecule has 0 aromatic rings. The van der Waals surface area contributed by atoms with Crippen LogP contribution >= 0.6 is 0 Å². The molecule has 2 rings (SSSR count). The molecule has 0 saturated heterocycles. The van der Waals surface area contributed by atoms with Crippen LogP contribution < -0.4 is 5.32 Å². The molecule has 70 valence electrons. The summed E-state index contributed by atoms with van der Waals surface area (Å²) in [4.78, 5) is 0. The van der Waals surface area contributed by atoms with Gasteiger partial charge in [0.05, 0.1) is 6.61 Å². The van der Waals surface area contributed by atoms with Gasteiger partial charge < -0.3 is 10.4 Å². The highest BCUT2D eigenvalue weighted by Crippen LogP contribution is 2.44. The predicted molar refractivity (Wildman–Crippen MR) is 48.9 cm³/mol. The maximum absolute atomic E-state index is 8.90. The third-order valence-electron chi connectivity index (χ3n) is 3.51. The second-order valence-corrected chi connectivity index (χ2v) is 4.53. The fourth-order valence-corrected chi connectivity index (χ4v) is 2.87. The van der Waals surface area contributed by atoms with E-state index in [2.05, 4.69) is 12.2 Å². The largest absolute Gasteiger partial charge is 0.395 e. The van der Waals surface area contributed by atoms with E-state index in [-0.39, 0.29) is 12.6 Å². The Bertz CT molecular complexity index is 160. The molecule has 0 radical (unpaired) electrons. The van der Waals surface area contributed by atoms with Crippen molar-refractivity contribution in [2.45, 2.75) is 44.7 Å². The van der Waals surface area contributed by atoms with E-state index in [0.717, 1.165) is 11.8 Å². The summed E-state index contributed by atoms with van der Waals surface area (Å²) < 4.78 is 0. The van der Waals surface area contributed by atoms with Gasteiger partial charge in [0.2, 0.25) is 0 Å². The number of nitrogens with one attached hydrogen (secondary N) is 1. The molecule has 0 aromatic heterocycles. The molecule has 2 aliphatic carbocycles. The molecule has 2 heteroatoms. The van der Waals surface area contributed by atoms with Crippen molar-refractivity contribution in [3.63, 3.8) is 0 Å². The van der Waals surface area contributed by atoms with Gasteiger partial charge in [-0.05, 0) is 38.0 Å². The lowest BCUT2D eigenvalue weighted by molar-refractivity contribution is 0.223. The number of aliphatic hydroxyl groups excluding tert-OH is 1. The monoisotopic (exact) mass is 169 g/mol. The number of fused-ring (bicyclic) bond motifs is 2. The minimum absolute atomic E-state index is 0.272. The minimum atomic E-state index is 0.272. The van der Waals surface area contributed by atoms with Gasteiger partial charge >= 0.3 is 0 Å². The molecule has 0 aliphatic heterocycles. The molecule has 2 aliphatic rings. The van der Waals surface area contributed by atoms with E-state index in [1.165, 1.54) is 25.7 Å². The van der Waals surface area contributed by atoms with Crippen LogP contribution in [0.3, 0.4) is 0 Å². The highest BCUT2D eigenvalue weighted by atomic mass is 16.3. The fraction of sp³-hybridized carbons (Fsp3) is 1.00. The van der Waals surface area contributed by atoms with Crippen molar-refractivity contribution < 1.29 is 5.11 Å². The summed E-state index contributed by atoms with van der Waals surface area (Å²) in [5, 5.41) is 12.4. The van der Waals surface area contributed by atoms with E-state index in [4.69, 9.17) is 5.11 Å². The van der Waals surface area contributed by atoms with Crippen LogP contribution in [0.4, 0.5) is 0 Å². The summed E-state index contributed by atoms with van der Waals surface area (Å²) in [6, 6.07) is 1.00. The van der Waals surface area contributed by atoms with Gasteiger partial charge in [-0.3, -0.25) is 0 Å². The summed E-state index contributed by atoms with van der Waals surface area (Å²) in [7, 11) is 0. The lowest BCUT2D eigenvalue weighted by Crippen LogP contribution is -2.41. The lowest BCUT2D eigenvalue weighted by Gasteiger charge is -2.25. The van der Waals surface area contributed by atoms with E-state index in [0.29, 0.717) is 6.04 Å². The Balaban J connectivity index is 1.82. The molecule has 2 N–H and O–H groups in total. The van der Waals surface area contributed by atoms with Gasteiger partial charge in [0, 0.05) is 12.1 Å². The Morgan fingerprint density at radius 2 is 2.25 bits per heavy atom. The van der Waals surface area contributed by atoms with Gasteiger partial charge in [-0.15, -0.1) is 0 Å². The first-order valence-corrected chi connectivity index (χ1v) is 5.16. The van der Waals surface area contributed by atoms with Crippen molar-refractivity contribution in [1.29, 1.82) is 0 Å². The van der Waals surface area contributed by atoms with Gasteiger partial charge in [0.1, 0.15) is 0 Å². The van der Waals surface area contributed by atoms with Crippen molar-refractivity contribution in [2.75, 3.05) is 6.61 Å². The Kier molecular flexibility index (Phi) is 2.37. The van der Waals surface area contributed by atoms with E-state index < -0.39 is 0 Å². The zero-order valence-corrected chi connectivity index (χ0v) is 7.79. The third-order valence-corrected chi connectivity index (χ3v) is 3.51. The van der Waals surface area contributed by atoms with Crippen LogP contribution in [0.15, 0.2) is 0 Å². The highest BCUT2D eigenvalue weighted by Gasteiger charge is 2.39. The second kappa shape index (κ2) is 3.35. The zero-order chi connectivity index (χ0) is 8.55. The summed E-state index contributed by atoms with van der Waals surface area (Å²) in [5.41, 5.74) is 0. The maximum atomic E-state index is 8.90. The SMILES string of the molecule is C[C@@H](CO)N[C@@H]1C[C@H]2CC[C@H]1C2. The zero-order valence-electron chi connectivity index (χ0n) is 7.79. The summed E-state index contributed by atoms with van der Waals surface area (Å²) in [6.45, 7) is 2.33. The Morgan fingerprint density at radius 1 is 1.42 bits per heavy atom. The quantitative estimate of drug-likeness (QED) is 0.664. The van der Waals surface area contributed by atoms with Crippen LogP contribution in [0, 0.1) is 11.8 Å². The lowest BCUT2D eigenvalue weighted by atomic mass is 9.95. The summed E-state index contributed by atoms with van der Waals surface area (Å²) in [5.74, 6) is 1.92. The van der Waals surface area contributed by atoms with E-state index in [9.17, 15) is 0 Å². The summed E-state index contributed by atoms with van der Waals surface area (Å²) >= 11 is 0. The minimum Gasteiger partial charge on any atom is -0.395 e. The second-order valence-electron chi connectivity index (χ2n) is 4.53. The number of rotatable bonds is 3. The topological polar surface area (TPSA) is 32.3 Å². The van der Waals surface area contributed by atoms with Gasteiger partial charge in [0.15, 0.2) is 0 Å². The molecule has 2 bridgehead atoms. The van der Waals surface area contributed by atoms with Crippen LogP contribution in [0.25, 0.3) is 0 Å². The molecule has 0 unspecified atom stereocenters. The fourth-order valence-electron chi connectivity index (χ4n) is 2.87. The molecule has 2 saturated carbocycles.